The Morgan fingerprint density at radius 3 is 1.06 bits per heavy atom. The van der Waals surface area contributed by atoms with Crippen molar-refractivity contribution in [1.29, 1.82) is 0 Å². The van der Waals surface area contributed by atoms with Gasteiger partial charge in [0.25, 0.3) is 0 Å². The van der Waals surface area contributed by atoms with Gasteiger partial charge in [-0.1, -0.05) is 84.9 Å². The molecule has 180 valence electrons. The molecule has 7 rings (SSSR count). The first kappa shape index (κ1) is 23.4. The van der Waals surface area contributed by atoms with Crippen molar-refractivity contribution >= 4 is 45.3 Å². The van der Waals surface area contributed by atoms with Crippen LogP contribution in [0.2, 0.25) is 0 Å². The van der Waals surface area contributed by atoms with E-state index in [1.807, 2.05) is 23.5 Å². The van der Waals surface area contributed by atoms with Gasteiger partial charge in [0.2, 0.25) is 0 Å². The summed E-state index contributed by atoms with van der Waals surface area (Å²) in [6.45, 7) is 0. The first-order valence-electron chi connectivity index (χ1n) is 13.1. The second-order valence-electron chi connectivity index (χ2n) is 9.74. The van der Waals surface area contributed by atoms with Crippen LogP contribution in [-0.4, -0.2) is 10.5 Å². The molecule has 0 spiro atoms. The van der Waals surface area contributed by atoms with Crippen LogP contribution in [0.25, 0.3) is 0 Å². The summed E-state index contributed by atoms with van der Waals surface area (Å²) in [4.78, 5) is 12.3. The van der Waals surface area contributed by atoms with Gasteiger partial charge in [0.05, 0.1) is 41.4 Å². The van der Waals surface area contributed by atoms with Gasteiger partial charge < -0.3 is 0 Å². The molecule has 1 saturated carbocycles. The molecule has 0 N–H and O–H groups in total. The van der Waals surface area contributed by atoms with Crippen LogP contribution in [0.5, 0.6) is 0 Å². The Kier molecular flexibility index (Phi) is 6.64. The molecule has 4 aromatic carbocycles. The number of hydrogen-bond donors (Lipinski definition) is 0. The van der Waals surface area contributed by atoms with E-state index >= 15 is 0 Å². The third kappa shape index (κ3) is 4.15. The Balaban J connectivity index is 1.42. The lowest BCUT2D eigenvalue weighted by molar-refractivity contribution is 0.515. The van der Waals surface area contributed by atoms with E-state index < -0.39 is 0 Å². The first-order chi connectivity index (χ1) is 17.9. The van der Waals surface area contributed by atoms with E-state index in [0.29, 0.717) is 10.5 Å². The summed E-state index contributed by atoms with van der Waals surface area (Å²) in [5.41, 5.74) is 0. The van der Waals surface area contributed by atoms with Crippen molar-refractivity contribution in [1.82, 2.24) is 0 Å². The van der Waals surface area contributed by atoms with Crippen molar-refractivity contribution in [3.8, 4) is 0 Å². The van der Waals surface area contributed by atoms with Crippen molar-refractivity contribution in [3.63, 3.8) is 0 Å². The zero-order valence-corrected chi connectivity index (χ0v) is 23.5. The fraction of sp³-hybridized carbons (Fsp3) is 0.250. The number of hydrogen-bond acceptors (Lipinski definition) is 2. The zero-order chi connectivity index (χ0) is 23.9. The Hall–Kier alpha value is -1.72. The lowest BCUT2D eigenvalue weighted by atomic mass is 10.00. The standard InChI is InChI=1S/C32H30S4/c1-2-4-22-32(36-29-19-11-7-15-25(29)34-26-16-8-12-20-30(26)36)31(21-3-1)35-27-17-9-5-13-23(27)33-24-14-6-10-18-28(24)35/h5-20,31-32H,1-4,21-22H2/q+2/t31-,32-/m0/s1. The van der Waals surface area contributed by atoms with E-state index in [9.17, 15) is 0 Å². The third-order valence-electron chi connectivity index (χ3n) is 7.53. The molecule has 0 unspecified atom stereocenters. The van der Waals surface area contributed by atoms with Gasteiger partial charge in [-0.05, 0) is 61.4 Å². The van der Waals surface area contributed by atoms with Crippen LogP contribution in [0.4, 0.5) is 0 Å². The predicted molar refractivity (Wildman–Crippen MR) is 157 cm³/mol. The van der Waals surface area contributed by atoms with E-state index in [4.69, 9.17) is 0 Å². The van der Waals surface area contributed by atoms with E-state index in [2.05, 4.69) is 97.1 Å². The maximum atomic E-state index is 2.44. The Morgan fingerprint density at radius 1 is 0.417 bits per heavy atom. The summed E-state index contributed by atoms with van der Waals surface area (Å²) in [6, 6.07) is 37.2. The van der Waals surface area contributed by atoms with Gasteiger partial charge in [0.1, 0.15) is 0 Å². The summed E-state index contributed by atoms with van der Waals surface area (Å²) in [5, 5.41) is 1.34. The van der Waals surface area contributed by atoms with Crippen LogP contribution in [0.1, 0.15) is 38.5 Å². The maximum absolute atomic E-state index is 2.44. The maximum Gasteiger partial charge on any atom is 0.177 e. The molecule has 0 aromatic heterocycles. The summed E-state index contributed by atoms with van der Waals surface area (Å²) in [7, 11) is 0.188. The second kappa shape index (κ2) is 10.2. The highest BCUT2D eigenvalue weighted by Gasteiger charge is 2.54. The van der Waals surface area contributed by atoms with Crippen molar-refractivity contribution in [2.24, 2.45) is 0 Å². The molecule has 0 radical (unpaired) electrons. The van der Waals surface area contributed by atoms with Gasteiger partial charge in [-0.2, -0.15) is 0 Å². The monoisotopic (exact) mass is 542 g/mol. The Morgan fingerprint density at radius 2 is 0.722 bits per heavy atom. The van der Waals surface area contributed by atoms with Gasteiger partial charge in [-0.3, -0.25) is 0 Å². The van der Waals surface area contributed by atoms with E-state index in [0.717, 1.165) is 0 Å². The van der Waals surface area contributed by atoms with Gasteiger partial charge in [0, 0.05) is 12.8 Å². The summed E-state index contributed by atoms with van der Waals surface area (Å²) in [5.74, 6) is 0. The van der Waals surface area contributed by atoms with Crippen molar-refractivity contribution < 1.29 is 0 Å². The molecule has 2 heterocycles. The second-order valence-corrected chi connectivity index (χ2v) is 16.2. The Labute approximate surface area is 229 Å². The molecule has 4 heteroatoms. The van der Waals surface area contributed by atoms with Crippen LogP contribution in [-0.2, 0) is 21.8 Å². The zero-order valence-electron chi connectivity index (χ0n) is 20.3. The van der Waals surface area contributed by atoms with Crippen molar-refractivity contribution in [2.45, 2.75) is 88.2 Å². The fourth-order valence-corrected chi connectivity index (χ4v) is 15.4. The lowest BCUT2D eigenvalue weighted by Gasteiger charge is -2.32. The molecule has 0 amide bonds. The Bertz CT molecular complexity index is 1200. The molecule has 0 bridgehead atoms. The van der Waals surface area contributed by atoms with Crippen LogP contribution >= 0.6 is 23.5 Å². The molecule has 2 atom stereocenters. The highest BCUT2D eigenvalue weighted by molar-refractivity contribution is 8.06. The van der Waals surface area contributed by atoms with Crippen LogP contribution in [0, 0.1) is 0 Å². The minimum absolute atomic E-state index is 0.0942. The first-order valence-corrected chi connectivity index (χ1v) is 17.3. The minimum Gasteiger partial charge on any atom is -0.0795 e. The highest BCUT2D eigenvalue weighted by Crippen LogP contribution is 2.53. The van der Waals surface area contributed by atoms with Crippen LogP contribution < -0.4 is 0 Å². The molecule has 4 aromatic rings. The summed E-state index contributed by atoms with van der Waals surface area (Å²) < 4.78 is 0. The quantitative estimate of drug-likeness (QED) is 0.231. The lowest BCUT2D eigenvalue weighted by Crippen LogP contribution is -2.42. The summed E-state index contributed by atoms with van der Waals surface area (Å²) in [6.07, 6.45) is 8.16. The fourth-order valence-electron chi connectivity index (χ4n) is 5.95. The highest BCUT2D eigenvalue weighted by atomic mass is 32.2. The third-order valence-corrected chi connectivity index (χ3v) is 16.2. The molecule has 2 aliphatic heterocycles. The van der Waals surface area contributed by atoms with Gasteiger partial charge >= 0.3 is 0 Å². The van der Waals surface area contributed by atoms with Crippen molar-refractivity contribution in [3.05, 3.63) is 97.1 Å². The number of rotatable bonds is 2. The van der Waals surface area contributed by atoms with Crippen molar-refractivity contribution in [2.75, 3.05) is 0 Å². The van der Waals surface area contributed by atoms with Gasteiger partial charge in [-0.25, -0.2) is 0 Å². The van der Waals surface area contributed by atoms with E-state index in [1.165, 1.54) is 58.1 Å². The minimum atomic E-state index is 0.0942. The smallest absolute Gasteiger partial charge is 0.0795 e. The largest absolute Gasteiger partial charge is 0.177 e. The average molecular weight is 543 g/mol. The molecule has 1 aliphatic carbocycles. The molecular weight excluding hydrogens is 513 g/mol. The molecule has 0 nitrogen and oxygen atoms in total. The van der Waals surface area contributed by atoms with Gasteiger partial charge in [-0.15, -0.1) is 0 Å². The van der Waals surface area contributed by atoms with E-state index in [-0.39, 0.29) is 21.8 Å². The predicted octanol–water partition coefficient (Wildman–Crippen LogP) is 9.48. The average Bonchev–Trinajstić information content (AvgIpc) is 2.91. The molecule has 3 aliphatic rings. The number of benzene rings is 4. The topological polar surface area (TPSA) is 0 Å². The molecular formula is C32H30S4+2. The molecule has 1 fully saturated rings. The van der Waals surface area contributed by atoms with Gasteiger partial charge in [0.15, 0.2) is 30.1 Å². The molecule has 36 heavy (non-hydrogen) atoms. The van der Waals surface area contributed by atoms with E-state index in [1.54, 1.807) is 19.6 Å². The number of fused-ring (bicyclic) bond motifs is 4. The van der Waals surface area contributed by atoms with Crippen LogP contribution in [0.3, 0.4) is 0 Å². The molecule has 0 saturated heterocycles. The normalized spacial score (nSPS) is 21.9. The SMILES string of the molecule is c1ccc2c(c1)Sc1ccccc1[S+]2[C@H]1CCCCCC[C@@H]1[S+]1c2ccccc2Sc2ccccc21. The summed E-state index contributed by atoms with van der Waals surface area (Å²) >= 11 is 3.96. The van der Waals surface area contributed by atoms with Crippen LogP contribution in [0.15, 0.2) is 136 Å².